The lowest BCUT2D eigenvalue weighted by molar-refractivity contribution is 0.660. The Labute approximate surface area is 396 Å². The van der Waals surface area contributed by atoms with Crippen molar-refractivity contribution in [3.8, 4) is 22.3 Å². The van der Waals surface area contributed by atoms with Gasteiger partial charge in [0.05, 0.1) is 0 Å². The van der Waals surface area contributed by atoms with Crippen molar-refractivity contribution in [2.24, 2.45) is 0 Å². The van der Waals surface area contributed by atoms with Gasteiger partial charge in [0.25, 0.3) is 0 Å². The quantitative estimate of drug-likeness (QED) is 0.136. The first-order valence-electron chi connectivity index (χ1n) is 24.7. The molecule has 335 valence electrons. The van der Waals surface area contributed by atoms with Crippen molar-refractivity contribution in [3.63, 3.8) is 0 Å². The summed E-state index contributed by atoms with van der Waals surface area (Å²) in [4.78, 5) is 7.86. The second-order valence-corrected chi connectivity index (χ2v) is 21.5. The van der Waals surface area contributed by atoms with E-state index in [4.69, 9.17) is 0 Å². The normalized spacial score (nSPS) is 15.8. The fourth-order valence-corrected chi connectivity index (χ4v) is 11.8. The lowest BCUT2D eigenvalue weighted by atomic mass is 9.82. The molecule has 0 spiro atoms. The summed E-state index contributed by atoms with van der Waals surface area (Å²) in [6.07, 6.45) is 1.27. The number of anilines is 5. The largest absolute Gasteiger partial charge is 0.339 e. The molecule has 2 aliphatic carbocycles. The number of benzene rings is 7. The molecule has 0 unspecified atom stereocenters. The van der Waals surface area contributed by atoms with Crippen molar-refractivity contribution in [2.45, 2.75) is 118 Å². The zero-order valence-electron chi connectivity index (χ0n) is 41.4. The lowest BCUT2D eigenvalue weighted by Gasteiger charge is -2.37. The van der Waals surface area contributed by atoms with E-state index in [-0.39, 0.29) is 10.8 Å². The molecule has 7 aromatic carbocycles. The fourth-order valence-electron chi connectivity index (χ4n) is 11.8. The molecule has 7 aromatic rings. The van der Waals surface area contributed by atoms with Crippen LogP contribution in [0.25, 0.3) is 22.3 Å². The second kappa shape index (κ2) is 16.4. The van der Waals surface area contributed by atoms with E-state index < -0.39 is 0 Å². The summed E-state index contributed by atoms with van der Waals surface area (Å²) in [6.45, 7) is 30.1. The summed E-state index contributed by atoms with van der Waals surface area (Å²) in [5.41, 5.74) is 23.8. The SMILES string of the molecule is CC(C)c1cccc(C(C)C)c1N1CCN(c2c(C(C)C)cccc2C(C)C)[C]1c1ccc(N(c2ccc3c(c2)-c2ccccc2C3(C)C)c2ccc3c(c2)C(C)(C)c2ccccc2-3)cc1. The first-order chi connectivity index (χ1) is 31.6. The van der Waals surface area contributed by atoms with Gasteiger partial charge in [-0.05, 0) is 127 Å². The Morgan fingerprint density at radius 2 is 0.773 bits per heavy atom. The van der Waals surface area contributed by atoms with Gasteiger partial charge in [0.15, 0.2) is 6.17 Å². The average Bonchev–Trinajstić information content (AvgIpc) is 3.92. The standard InChI is InChI=1S/C63H68N3/c1-39(2)47-21-17-22-48(40(3)4)59(47)64-35-36-65(60-49(41(5)6)23-18-24-50(60)42(7)8)61(64)43-27-29-44(30-28-43)66(45-32-34-57-54(37-45)52-20-14-16-26-56(52)62(57,9)10)46-31-33-53-51-19-13-15-25-55(51)63(11,12)58(53)38-46/h13-34,37-42H,35-36H2,1-12H3. The van der Waals surface area contributed by atoms with Gasteiger partial charge in [-0.15, -0.1) is 0 Å². The van der Waals surface area contributed by atoms with Gasteiger partial charge in [0.2, 0.25) is 0 Å². The fraction of sp³-hybridized carbons (Fsp3) is 0.317. The van der Waals surface area contributed by atoms with E-state index in [1.807, 2.05) is 0 Å². The number of hydrogen-bond donors (Lipinski definition) is 0. The van der Waals surface area contributed by atoms with Gasteiger partial charge >= 0.3 is 0 Å². The Morgan fingerprint density at radius 3 is 1.27 bits per heavy atom. The third-order valence-electron chi connectivity index (χ3n) is 15.3. The smallest absolute Gasteiger partial charge is 0.187 e. The van der Waals surface area contributed by atoms with Gasteiger partial charge in [-0.3, -0.25) is 0 Å². The van der Waals surface area contributed by atoms with E-state index in [0.717, 1.165) is 18.8 Å². The van der Waals surface area contributed by atoms with Crippen LogP contribution >= 0.6 is 0 Å². The van der Waals surface area contributed by atoms with Crippen molar-refractivity contribution < 1.29 is 0 Å². The average molecular weight is 867 g/mol. The number of fused-ring (bicyclic) bond motifs is 6. The Kier molecular flexibility index (Phi) is 10.9. The summed E-state index contributed by atoms with van der Waals surface area (Å²) in [7, 11) is 0. The minimum atomic E-state index is -0.118. The van der Waals surface area contributed by atoms with Crippen molar-refractivity contribution in [3.05, 3.63) is 202 Å². The molecule has 0 amide bonds. The molecule has 1 aliphatic heterocycles. The van der Waals surface area contributed by atoms with E-state index in [0.29, 0.717) is 23.7 Å². The van der Waals surface area contributed by atoms with Crippen LogP contribution in [-0.4, -0.2) is 13.1 Å². The topological polar surface area (TPSA) is 9.72 Å². The van der Waals surface area contributed by atoms with Crippen molar-refractivity contribution in [1.82, 2.24) is 0 Å². The third-order valence-corrected chi connectivity index (χ3v) is 15.3. The first-order valence-corrected chi connectivity index (χ1v) is 24.7. The molecule has 3 nitrogen and oxygen atoms in total. The molecule has 66 heavy (non-hydrogen) atoms. The molecular formula is C63H68N3. The lowest BCUT2D eigenvalue weighted by Crippen LogP contribution is -2.34. The van der Waals surface area contributed by atoms with Crippen LogP contribution in [0.3, 0.4) is 0 Å². The molecule has 0 bridgehead atoms. The van der Waals surface area contributed by atoms with E-state index in [1.54, 1.807) is 0 Å². The third kappa shape index (κ3) is 6.90. The first kappa shape index (κ1) is 43.8. The zero-order valence-corrected chi connectivity index (χ0v) is 41.4. The van der Waals surface area contributed by atoms with Gasteiger partial charge in [-0.2, -0.15) is 0 Å². The molecule has 3 heteroatoms. The van der Waals surface area contributed by atoms with Crippen LogP contribution in [-0.2, 0) is 10.8 Å². The summed E-state index contributed by atoms with van der Waals surface area (Å²) in [5.74, 6) is 1.53. The summed E-state index contributed by atoms with van der Waals surface area (Å²) in [5, 5.41) is 0. The molecule has 0 saturated carbocycles. The molecule has 0 aromatic heterocycles. The summed E-state index contributed by atoms with van der Waals surface area (Å²) >= 11 is 0. The van der Waals surface area contributed by atoms with Crippen molar-refractivity contribution in [1.29, 1.82) is 0 Å². The maximum Gasteiger partial charge on any atom is 0.187 e. The molecule has 0 atom stereocenters. The highest BCUT2D eigenvalue weighted by molar-refractivity contribution is 5.89. The molecule has 10 rings (SSSR count). The highest BCUT2D eigenvalue weighted by atomic mass is 15.4. The molecule has 1 fully saturated rings. The van der Waals surface area contributed by atoms with Crippen LogP contribution in [0.1, 0.15) is 157 Å². The highest BCUT2D eigenvalue weighted by Gasteiger charge is 2.41. The van der Waals surface area contributed by atoms with Gasteiger partial charge in [0, 0.05) is 57.9 Å². The van der Waals surface area contributed by atoms with E-state index in [9.17, 15) is 0 Å². The van der Waals surface area contributed by atoms with Crippen LogP contribution < -0.4 is 14.7 Å². The number of hydrogen-bond acceptors (Lipinski definition) is 3. The van der Waals surface area contributed by atoms with Crippen LogP contribution in [0, 0.1) is 6.17 Å². The summed E-state index contributed by atoms with van der Waals surface area (Å²) in [6, 6.07) is 55.9. The Balaban J connectivity index is 1.16. The van der Waals surface area contributed by atoms with Crippen LogP contribution in [0.4, 0.5) is 28.4 Å². The van der Waals surface area contributed by atoms with Gasteiger partial charge in [-0.25, -0.2) is 0 Å². The maximum absolute atomic E-state index is 2.68. The monoisotopic (exact) mass is 867 g/mol. The molecule has 0 N–H and O–H groups in total. The molecule has 1 heterocycles. The number of rotatable bonds is 10. The van der Waals surface area contributed by atoms with Gasteiger partial charge < -0.3 is 14.7 Å². The van der Waals surface area contributed by atoms with E-state index >= 15 is 0 Å². The van der Waals surface area contributed by atoms with Gasteiger partial charge in [-0.1, -0.05) is 192 Å². The minimum absolute atomic E-state index is 0.0657. The van der Waals surface area contributed by atoms with E-state index in [2.05, 4.69) is 243 Å². The zero-order chi connectivity index (χ0) is 46.4. The van der Waals surface area contributed by atoms with Gasteiger partial charge in [0.1, 0.15) is 0 Å². The van der Waals surface area contributed by atoms with Crippen LogP contribution in [0.2, 0.25) is 0 Å². The Morgan fingerprint density at radius 1 is 0.379 bits per heavy atom. The molecule has 1 saturated heterocycles. The number of nitrogens with zero attached hydrogens (tertiary/aromatic N) is 3. The minimum Gasteiger partial charge on any atom is -0.339 e. The molecule has 1 radical (unpaired) electrons. The van der Waals surface area contributed by atoms with Crippen LogP contribution in [0.5, 0.6) is 0 Å². The van der Waals surface area contributed by atoms with E-state index in [1.165, 1.54) is 101 Å². The predicted molar refractivity (Wildman–Crippen MR) is 283 cm³/mol. The predicted octanol–water partition coefficient (Wildman–Crippen LogP) is 17.1. The number of para-hydroxylation sites is 2. The Bertz CT molecular complexity index is 2840. The molecular weight excluding hydrogens is 799 g/mol. The van der Waals surface area contributed by atoms with Crippen molar-refractivity contribution >= 4 is 28.4 Å². The summed E-state index contributed by atoms with van der Waals surface area (Å²) < 4.78 is 0. The Hall–Kier alpha value is -6.06. The highest BCUT2D eigenvalue weighted by Crippen LogP contribution is 2.54. The van der Waals surface area contributed by atoms with Crippen molar-refractivity contribution in [2.75, 3.05) is 27.8 Å². The maximum atomic E-state index is 2.68. The molecule has 3 aliphatic rings. The van der Waals surface area contributed by atoms with Crippen LogP contribution in [0.15, 0.2) is 146 Å². The second-order valence-electron chi connectivity index (χ2n) is 21.5.